The lowest BCUT2D eigenvalue weighted by molar-refractivity contribution is -0.155. The number of aryl methyl sites for hydroxylation is 2. The average Bonchev–Trinajstić information content (AvgIpc) is 3.53. The minimum Gasteiger partial charge on any atom is -0.508 e. The summed E-state index contributed by atoms with van der Waals surface area (Å²) in [5.74, 6) is -0.966. The Labute approximate surface area is 359 Å². The maximum absolute atomic E-state index is 14.5. The largest absolute Gasteiger partial charge is 0.508 e. The quantitative estimate of drug-likeness (QED) is 0.0902. The highest BCUT2D eigenvalue weighted by molar-refractivity contribution is 6.17. The molecule has 3 N–H and O–H groups in total. The number of phenolic OH excluding ortho intramolecular Hbond substituents is 1. The van der Waals surface area contributed by atoms with Gasteiger partial charge in [-0.15, -0.1) is 11.6 Å². The van der Waals surface area contributed by atoms with Crippen LogP contribution < -0.4 is 10.7 Å². The number of nitrogens with one attached hydrogen (secondary N) is 2. The van der Waals surface area contributed by atoms with E-state index in [-0.39, 0.29) is 42.3 Å². The molecule has 2 aliphatic rings. The van der Waals surface area contributed by atoms with E-state index in [0.717, 1.165) is 51.8 Å². The molecule has 0 spiro atoms. The molecular weight excluding hydrogens is 778 g/mol. The first kappa shape index (κ1) is 44.8. The first-order chi connectivity index (χ1) is 28.7. The number of hydrogen-bond donors (Lipinski definition) is 3. The van der Waals surface area contributed by atoms with Crippen molar-refractivity contribution < 1.29 is 29.0 Å². The first-order valence-electron chi connectivity index (χ1n) is 21.8. The van der Waals surface area contributed by atoms with Gasteiger partial charge in [0.2, 0.25) is 5.91 Å². The fraction of sp³-hybridized carbons (Fsp3) is 0.521. The summed E-state index contributed by atoms with van der Waals surface area (Å²) in [4.78, 5) is 59.4. The number of hydrogen-bond acceptors (Lipinski definition) is 8. The molecule has 4 aromatic rings. The molecule has 1 saturated heterocycles. The maximum atomic E-state index is 14.5. The number of halogens is 1. The van der Waals surface area contributed by atoms with Crippen molar-refractivity contribution in [1.82, 2.24) is 25.3 Å². The van der Waals surface area contributed by atoms with E-state index in [1.807, 2.05) is 32.3 Å². The van der Waals surface area contributed by atoms with Crippen LogP contribution in [0.2, 0.25) is 0 Å². The van der Waals surface area contributed by atoms with Gasteiger partial charge in [-0.25, -0.2) is 5.43 Å². The minimum absolute atomic E-state index is 0.0449. The normalized spacial score (nSPS) is 18.9. The summed E-state index contributed by atoms with van der Waals surface area (Å²) in [7, 11) is 0. The van der Waals surface area contributed by atoms with Crippen LogP contribution in [0.4, 0.5) is 0 Å². The summed E-state index contributed by atoms with van der Waals surface area (Å²) in [6.07, 6.45) is 8.85. The molecule has 6 rings (SSSR count). The van der Waals surface area contributed by atoms with E-state index < -0.39 is 29.4 Å². The number of esters is 1. The Bertz CT molecular complexity index is 2200. The Balaban J connectivity index is 1.43. The third kappa shape index (κ3) is 10.4. The zero-order valence-corrected chi connectivity index (χ0v) is 36.9. The van der Waals surface area contributed by atoms with Crippen LogP contribution in [0.1, 0.15) is 103 Å². The Hall–Kier alpha value is -4.74. The zero-order valence-electron chi connectivity index (χ0n) is 36.1. The van der Waals surface area contributed by atoms with Crippen molar-refractivity contribution in [3.05, 3.63) is 71.5 Å². The van der Waals surface area contributed by atoms with Crippen LogP contribution >= 0.6 is 11.6 Å². The van der Waals surface area contributed by atoms with Gasteiger partial charge in [-0.2, -0.15) is 0 Å². The van der Waals surface area contributed by atoms with Gasteiger partial charge in [-0.1, -0.05) is 46.8 Å². The van der Waals surface area contributed by atoms with E-state index >= 15 is 0 Å². The number of ketones is 1. The molecule has 0 radical (unpaired) electrons. The lowest BCUT2D eigenvalue weighted by Gasteiger charge is -2.36. The van der Waals surface area contributed by atoms with Gasteiger partial charge in [-0.05, 0) is 116 Å². The number of alkyl halides is 1. The summed E-state index contributed by atoms with van der Waals surface area (Å²) in [6.45, 7) is 13.7. The lowest BCUT2D eigenvalue weighted by atomic mass is 9.84. The highest BCUT2D eigenvalue weighted by Gasteiger charge is 2.36. The van der Waals surface area contributed by atoms with Crippen molar-refractivity contribution in [2.75, 3.05) is 19.0 Å². The lowest BCUT2D eigenvalue weighted by Crippen LogP contribution is -2.61. The number of hydrazine groups is 1. The smallest absolute Gasteiger partial charge is 0.324 e. The van der Waals surface area contributed by atoms with E-state index in [0.29, 0.717) is 69.4 Å². The van der Waals surface area contributed by atoms with Crippen molar-refractivity contribution in [1.29, 1.82) is 0 Å². The molecule has 2 aliphatic heterocycles. The standard InChI is InChI=1S/C48H62ClN5O6/c1-7-32-18-20-50-28-40(32)44-39-27-48(5,6)29-60-47(59)41-15-11-21-54(52-41)46(58)42(51-45(57)37(30(3)4)14-9-12-35(55)13-10-19-49)24-31-22-34(25-36(56)23-31)33-16-17-43(38(39)26-33)53(44)8-2/h16-18,20,22-23,25-26,28,30,37,41-42,52,56H,7-15,19,21,24,27,29H2,1-6H3,(H,51,57)/t37-,41-,42-/m0/s1. The van der Waals surface area contributed by atoms with Crippen molar-refractivity contribution in [3.8, 4) is 28.1 Å². The zero-order chi connectivity index (χ0) is 43.1. The topological polar surface area (TPSA) is 143 Å². The summed E-state index contributed by atoms with van der Waals surface area (Å²) >= 11 is 5.79. The van der Waals surface area contributed by atoms with Crippen molar-refractivity contribution in [2.45, 2.75) is 124 Å². The Morgan fingerprint density at radius 1 is 1.07 bits per heavy atom. The number of aromatic nitrogens is 2. The summed E-state index contributed by atoms with van der Waals surface area (Å²) < 4.78 is 8.42. The monoisotopic (exact) mass is 839 g/mol. The average molecular weight is 841 g/mol. The molecule has 1 fully saturated rings. The molecular formula is C48H62ClN5O6. The maximum Gasteiger partial charge on any atom is 0.324 e. The van der Waals surface area contributed by atoms with Crippen molar-refractivity contribution in [3.63, 3.8) is 0 Å². The molecule has 2 aromatic heterocycles. The van der Waals surface area contributed by atoms with Crippen molar-refractivity contribution in [2.24, 2.45) is 17.3 Å². The number of phenols is 1. The summed E-state index contributed by atoms with van der Waals surface area (Å²) in [5.41, 5.74) is 10.6. The number of fused-ring (bicyclic) bond motifs is 6. The third-order valence-corrected chi connectivity index (χ3v) is 12.4. The van der Waals surface area contributed by atoms with Gasteiger partial charge in [0.15, 0.2) is 0 Å². The number of amides is 2. The second kappa shape index (κ2) is 19.8. The van der Waals surface area contributed by atoms with Gasteiger partial charge >= 0.3 is 5.97 Å². The number of Topliss-reactive ketones (excluding diaryl/α,β-unsaturated/α-hetero) is 1. The van der Waals surface area contributed by atoms with Crippen LogP contribution in [0.5, 0.6) is 5.75 Å². The molecule has 6 bridgehead atoms. The number of ether oxygens (including phenoxy) is 1. The summed E-state index contributed by atoms with van der Waals surface area (Å²) in [6, 6.07) is 12.0. The number of rotatable bonds is 13. The molecule has 4 heterocycles. The Kier molecular flexibility index (Phi) is 14.8. The number of carbonyl (C=O) groups is 4. The van der Waals surface area contributed by atoms with E-state index in [9.17, 15) is 24.3 Å². The van der Waals surface area contributed by atoms with Crippen LogP contribution in [-0.4, -0.2) is 74.3 Å². The van der Waals surface area contributed by atoms with Crippen LogP contribution in [0.3, 0.4) is 0 Å². The molecule has 3 atom stereocenters. The van der Waals surface area contributed by atoms with E-state index in [4.69, 9.17) is 16.3 Å². The second-order valence-corrected chi connectivity index (χ2v) is 18.1. The fourth-order valence-corrected chi connectivity index (χ4v) is 9.05. The molecule has 322 valence electrons. The van der Waals surface area contributed by atoms with E-state index in [1.165, 1.54) is 10.6 Å². The number of pyridine rings is 1. The number of nitrogens with zero attached hydrogens (tertiary/aromatic N) is 3. The Morgan fingerprint density at radius 3 is 2.58 bits per heavy atom. The predicted molar refractivity (Wildman–Crippen MR) is 236 cm³/mol. The van der Waals surface area contributed by atoms with E-state index in [1.54, 1.807) is 12.1 Å². The van der Waals surface area contributed by atoms with Crippen LogP contribution in [0, 0.1) is 17.3 Å². The molecule has 0 aliphatic carbocycles. The van der Waals surface area contributed by atoms with Gasteiger partial charge in [0, 0.05) is 78.4 Å². The molecule has 2 aromatic carbocycles. The number of carbonyl (C=O) groups excluding carboxylic acids is 4. The Morgan fingerprint density at radius 2 is 1.85 bits per heavy atom. The highest BCUT2D eigenvalue weighted by atomic mass is 35.5. The van der Waals surface area contributed by atoms with Gasteiger partial charge in [-0.3, -0.25) is 29.2 Å². The SMILES string of the molecule is CCc1ccncc1-c1c2c3cc(ccc3n1CC)-c1cc(O)cc(c1)C[C@H](NC(=O)[C@@H](CCCC(=O)CCCCl)C(C)C)C(=O)N1CCC[C@H](N1)C(=O)OCC(C)(C)C2. The molecule has 2 amide bonds. The first-order valence-corrected chi connectivity index (χ1v) is 22.3. The fourth-order valence-electron chi connectivity index (χ4n) is 8.91. The second-order valence-electron chi connectivity index (χ2n) is 17.7. The summed E-state index contributed by atoms with van der Waals surface area (Å²) in [5, 5.41) is 16.8. The van der Waals surface area contributed by atoms with Crippen LogP contribution in [-0.2, 0) is 49.7 Å². The predicted octanol–water partition coefficient (Wildman–Crippen LogP) is 8.34. The van der Waals surface area contributed by atoms with Gasteiger partial charge < -0.3 is 19.7 Å². The van der Waals surface area contributed by atoms with E-state index in [2.05, 4.69) is 72.3 Å². The number of benzene rings is 2. The third-order valence-electron chi connectivity index (χ3n) is 12.1. The number of cyclic esters (lactones) is 1. The molecule has 60 heavy (non-hydrogen) atoms. The minimum atomic E-state index is -1.01. The molecule has 0 unspecified atom stereocenters. The van der Waals surface area contributed by atoms with Gasteiger partial charge in [0.25, 0.3) is 5.91 Å². The molecule has 12 heteroatoms. The van der Waals surface area contributed by atoms with Crippen LogP contribution in [0.25, 0.3) is 33.3 Å². The molecule has 11 nitrogen and oxygen atoms in total. The highest BCUT2D eigenvalue weighted by Crippen LogP contribution is 2.41. The van der Waals surface area contributed by atoms with Crippen molar-refractivity contribution >= 4 is 46.1 Å². The van der Waals surface area contributed by atoms with Crippen LogP contribution in [0.15, 0.2) is 54.9 Å². The van der Waals surface area contributed by atoms with Gasteiger partial charge in [0.05, 0.1) is 12.3 Å². The van der Waals surface area contributed by atoms with Gasteiger partial charge in [0.1, 0.15) is 23.6 Å². The molecule has 0 saturated carbocycles. The number of aromatic hydroxyl groups is 1.